The van der Waals surface area contributed by atoms with Crippen molar-refractivity contribution in [2.75, 3.05) is 11.1 Å². The Balaban J connectivity index is 2.44. The van der Waals surface area contributed by atoms with E-state index in [0.717, 1.165) is 16.8 Å². The average Bonchev–Trinajstić information content (AvgIpc) is 2.47. The second-order valence-corrected chi connectivity index (χ2v) is 6.16. The van der Waals surface area contributed by atoms with Crippen LogP contribution in [-0.2, 0) is 0 Å². The van der Waals surface area contributed by atoms with Crippen LogP contribution in [0.25, 0.3) is 0 Å². The molecule has 1 amide bonds. The molecule has 0 radical (unpaired) electrons. The standard InChI is InChI=1S/C19H24N2O/c1-12(2)14-9-7-10-15(13(3)4)18(14)21-19(22)16-8-5-6-11-17(16)20/h5-13H,20H2,1-4H3,(H,21,22). The summed E-state index contributed by atoms with van der Waals surface area (Å²) in [5.41, 5.74) is 10.1. The summed E-state index contributed by atoms with van der Waals surface area (Å²) in [6.45, 7) is 8.52. The van der Waals surface area contributed by atoms with Gasteiger partial charge >= 0.3 is 0 Å². The summed E-state index contributed by atoms with van der Waals surface area (Å²) in [6.07, 6.45) is 0. The zero-order valence-electron chi connectivity index (χ0n) is 13.7. The molecule has 0 aromatic heterocycles. The normalized spacial score (nSPS) is 11.0. The number of carbonyl (C=O) groups excluding carboxylic acids is 1. The van der Waals surface area contributed by atoms with Crippen LogP contribution in [0.4, 0.5) is 11.4 Å². The van der Waals surface area contributed by atoms with Gasteiger partial charge in [0, 0.05) is 11.4 Å². The van der Waals surface area contributed by atoms with Crippen LogP contribution >= 0.6 is 0 Å². The molecule has 3 nitrogen and oxygen atoms in total. The number of rotatable bonds is 4. The maximum absolute atomic E-state index is 12.6. The summed E-state index contributed by atoms with van der Waals surface area (Å²) < 4.78 is 0. The zero-order chi connectivity index (χ0) is 16.3. The number of nitrogens with one attached hydrogen (secondary N) is 1. The molecule has 0 spiro atoms. The van der Waals surface area contributed by atoms with Crippen molar-refractivity contribution >= 4 is 17.3 Å². The van der Waals surface area contributed by atoms with Crippen molar-refractivity contribution in [1.29, 1.82) is 0 Å². The molecule has 0 atom stereocenters. The SMILES string of the molecule is CC(C)c1cccc(C(C)C)c1NC(=O)c1ccccc1N. The highest BCUT2D eigenvalue weighted by atomic mass is 16.1. The lowest BCUT2D eigenvalue weighted by atomic mass is 9.92. The van der Waals surface area contributed by atoms with Crippen molar-refractivity contribution in [3.8, 4) is 0 Å². The summed E-state index contributed by atoms with van der Waals surface area (Å²) in [4.78, 5) is 12.6. The van der Waals surface area contributed by atoms with E-state index < -0.39 is 0 Å². The Morgan fingerprint density at radius 2 is 1.45 bits per heavy atom. The van der Waals surface area contributed by atoms with Gasteiger partial charge < -0.3 is 11.1 Å². The summed E-state index contributed by atoms with van der Waals surface area (Å²) in [7, 11) is 0. The van der Waals surface area contributed by atoms with E-state index >= 15 is 0 Å². The Labute approximate surface area is 132 Å². The third kappa shape index (κ3) is 3.30. The van der Waals surface area contributed by atoms with Gasteiger partial charge in [-0.1, -0.05) is 58.0 Å². The van der Waals surface area contributed by atoms with E-state index in [1.807, 2.05) is 12.1 Å². The van der Waals surface area contributed by atoms with E-state index in [-0.39, 0.29) is 5.91 Å². The summed E-state index contributed by atoms with van der Waals surface area (Å²) in [5, 5.41) is 3.08. The quantitative estimate of drug-likeness (QED) is 0.799. The van der Waals surface area contributed by atoms with E-state index in [1.54, 1.807) is 12.1 Å². The van der Waals surface area contributed by atoms with Gasteiger partial charge in [0.2, 0.25) is 0 Å². The maximum atomic E-state index is 12.6. The van der Waals surface area contributed by atoms with Gasteiger partial charge in [-0.15, -0.1) is 0 Å². The second kappa shape index (κ2) is 6.65. The third-order valence-corrected chi connectivity index (χ3v) is 3.82. The van der Waals surface area contributed by atoms with Crippen molar-refractivity contribution < 1.29 is 4.79 Å². The van der Waals surface area contributed by atoms with Crippen LogP contribution in [-0.4, -0.2) is 5.91 Å². The number of nitrogen functional groups attached to an aromatic ring is 1. The van der Waals surface area contributed by atoms with Crippen molar-refractivity contribution in [2.45, 2.75) is 39.5 Å². The topological polar surface area (TPSA) is 55.1 Å². The number of benzene rings is 2. The molecule has 0 aliphatic heterocycles. The Kier molecular flexibility index (Phi) is 4.86. The molecule has 0 saturated heterocycles. The van der Waals surface area contributed by atoms with E-state index in [0.29, 0.717) is 23.1 Å². The number of nitrogens with two attached hydrogens (primary N) is 1. The lowest BCUT2D eigenvalue weighted by molar-refractivity contribution is 0.102. The number of amides is 1. The molecule has 2 aromatic rings. The molecule has 116 valence electrons. The zero-order valence-corrected chi connectivity index (χ0v) is 13.7. The molecule has 0 bridgehead atoms. The maximum Gasteiger partial charge on any atom is 0.257 e. The van der Waals surface area contributed by atoms with Crippen molar-refractivity contribution in [3.63, 3.8) is 0 Å². The first-order valence-corrected chi connectivity index (χ1v) is 7.70. The third-order valence-electron chi connectivity index (χ3n) is 3.82. The number of hydrogen-bond acceptors (Lipinski definition) is 2. The Bertz CT molecular complexity index is 649. The molecule has 3 heteroatoms. The van der Waals surface area contributed by atoms with Crippen LogP contribution in [0.15, 0.2) is 42.5 Å². The van der Waals surface area contributed by atoms with Crippen molar-refractivity contribution in [2.24, 2.45) is 0 Å². The van der Waals surface area contributed by atoms with Gasteiger partial charge in [-0.3, -0.25) is 4.79 Å². The van der Waals surface area contributed by atoms with Gasteiger partial charge in [0.05, 0.1) is 5.56 Å². The fourth-order valence-electron chi connectivity index (χ4n) is 2.58. The molecule has 0 fully saturated rings. The van der Waals surface area contributed by atoms with E-state index in [1.165, 1.54) is 0 Å². The summed E-state index contributed by atoms with van der Waals surface area (Å²) >= 11 is 0. The molecule has 22 heavy (non-hydrogen) atoms. The van der Waals surface area contributed by atoms with Gasteiger partial charge in [-0.05, 0) is 35.1 Å². The van der Waals surface area contributed by atoms with Gasteiger partial charge in [-0.25, -0.2) is 0 Å². The fourth-order valence-corrected chi connectivity index (χ4v) is 2.58. The molecule has 0 unspecified atom stereocenters. The predicted octanol–water partition coefficient (Wildman–Crippen LogP) is 4.77. The molecular formula is C19H24N2O. The fraction of sp³-hybridized carbons (Fsp3) is 0.316. The smallest absolute Gasteiger partial charge is 0.257 e. The van der Waals surface area contributed by atoms with E-state index in [4.69, 9.17) is 5.73 Å². The first kappa shape index (κ1) is 16.1. The molecule has 3 N–H and O–H groups in total. The largest absolute Gasteiger partial charge is 0.398 e. The van der Waals surface area contributed by atoms with Gasteiger partial charge in [0.15, 0.2) is 0 Å². The Morgan fingerprint density at radius 3 is 1.95 bits per heavy atom. The molecule has 0 aliphatic rings. The molecule has 2 rings (SSSR count). The minimum Gasteiger partial charge on any atom is -0.398 e. The van der Waals surface area contributed by atoms with Crippen LogP contribution in [0, 0.1) is 0 Å². The molecule has 0 aliphatic carbocycles. The van der Waals surface area contributed by atoms with Gasteiger partial charge in [0.25, 0.3) is 5.91 Å². The van der Waals surface area contributed by atoms with E-state index in [9.17, 15) is 4.79 Å². The van der Waals surface area contributed by atoms with Crippen LogP contribution in [0.1, 0.15) is 61.0 Å². The number of hydrogen-bond donors (Lipinski definition) is 2. The highest BCUT2D eigenvalue weighted by Crippen LogP contribution is 2.32. The lowest BCUT2D eigenvalue weighted by Gasteiger charge is -2.20. The van der Waals surface area contributed by atoms with Crippen LogP contribution in [0.3, 0.4) is 0 Å². The Morgan fingerprint density at radius 1 is 0.909 bits per heavy atom. The van der Waals surface area contributed by atoms with Crippen molar-refractivity contribution in [1.82, 2.24) is 0 Å². The molecule has 0 saturated carbocycles. The second-order valence-electron chi connectivity index (χ2n) is 6.16. The van der Waals surface area contributed by atoms with Crippen LogP contribution in [0.2, 0.25) is 0 Å². The monoisotopic (exact) mass is 296 g/mol. The minimum absolute atomic E-state index is 0.159. The average molecular weight is 296 g/mol. The number of anilines is 2. The highest BCUT2D eigenvalue weighted by molar-refractivity contribution is 6.08. The van der Waals surface area contributed by atoms with Crippen LogP contribution < -0.4 is 11.1 Å². The van der Waals surface area contributed by atoms with Crippen molar-refractivity contribution in [3.05, 3.63) is 59.2 Å². The van der Waals surface area contributed by atoms with Crippen LogP contribution in [0.5, 0.6) is 0 Å². The minimum atomic E-state index is -0.159. The number of para-hydroxylation sites is 2. The number of carbonyl (C=O) groups is 1. The predicted molar refractivity (Wildman–Crippen MR) is 93.4 cm³/mol. The first-order valence-electron chi connectivity index (χ1n) is 7.70. The highest BCUT2D eigenvalue weighted by Gasteiger charge is 2.17. The lowest BCUT2D eigenvalue weighted by Crippen LogP contribution is -2.17. The summed E-state index contributed by atoms with van der Waals surface area (Å²) in [5.74, 6) is 0.511. The van der Waals surface area contributed by atoms with E-state index in [2.05, 4.69) is 51.2 Å². The van der Waals surface area contributed by atoms with Gasteiger partial charge in [0.1, 0.15) is 0 Å². The van der Waals surface area contributed by atoms with Gasteiger partial charge in [-0.2, -0.15) is 0 Å². The molecular weight excluding hydrogens is 272 g/mol. The molecule has 0 heterocycles. The first-order chi connectivity index (χ1) is 10.4. The Hall–Kier alpha value is -2.29. The summed E-state index contributed by atoms with van der Waals surface area (Å²) in [6, 6.07) is 13.3. The molecule has 2 aromatic carbocycles.